The molecule has 0 radical (unpaired) electrons. The molecular weight excluding hydrogens is 244 g/mol. The van der Waals surface area contributed by atoms with Gasteiger partial charge in [-0.05, 0) is 66.1 Å². The molecule has 0 bridgehead atoms. The first-order valence-corrected chi connectivity index (χ1v) is 8.64. The summed E-state index contributed by atoms with van der Waals surface area (Å²) in [6.45, 7) is 17.1. The summed E-state index contributed by atoms with van der Waals surface area (Å²) in [5.74, 6) is 2.30. The minimum Gasteiger partial charge on any atom is -0.393 e. The van der Waals surface area contributed by atoms with Crippen LogP contribution in [0.4, 0.5) is 0 Å². The highest BCUT2D eigenvalue weighted by Gasteiger charge is 2.56. The monoisotopic (exact) mass is 280 g/mol. The molecule has 2 aliphatic rings. The van der Waals surface area contributed by atoms with Crippen molar-refractivity contribution in [2.75, 3.05) is 0 Å². The maximum absolute atomic E-state index is 10.1. The Morgan fingerprint density at radius 2 is 1.50 bits per heavy atom. The molecule has 2 aliphatic carbocycles. The predicted molar refractivity (Wildman–Crippen MR) is 86.6 cm³/mol. The van der Waals surface area contributed by atoms with Crippen LogP contribution in [0.2, 0.25) is 0 Å². The van der Waals surface area contributed by atoms with E-state index in [1.807, 2.05) is 0 Å². The second-order valence-electron chi connectivity index (χ2n) is 10.0. The smallest absolute Gasteiger partial charge is 0.0543 e. The fourth-order valence-corrected chi connectivity index (χ4v) is 5.79. The molecule has 0 saturated heterocycles. The molecule has 3 unspecified atom stereocenters. The first-order chi connectivity index (χ1) is 8.96. The molecule has 0 heterocycles. The van der Waals surface area contributed by atoms with E-state index in [9.17, 15) is 5.11 Å². The number of hydrogen-bond donors (Lipinski definition) is 1. The minimum atomic E-state index is -0.0418. The summed E-state index contributed by atoms with van der Waals surface area (Å²) >= 11 is 0. The first kappa shape index (κ1) is 16.3. The van der Waals surface area contributed by atoms with E-state index < -0.39 is 0 Å². The third kappa shape index (κ3) is 2.80. The van der Waals surface area contributed by atoms with Gasteiger partial charge in [-0.15, -0.1) is 0 Å². The molecule has 118 valence electrons. The van der Waals surface area contributed by atoms with E-state index in [1.165, 1.54) is 19.3 Å². The van der Waals surface area contributed by atoms with Crippen molar-refractivity contribution in [2.24, 2.45) is 34.0 Å². The van der Waals surface area contributed by atoms with Crippen LogP contribution in [-0.4, -0.2) is 11.2 Å². The second kappa shape index (κ2) is 5.00. The molecule has 2 saturated carbocycles. The molecule has 1 N–H and O–H groups in total. The van der Waals surface area contributed by atoms with Crippen LogP contribution < -0.4 is 0 Å². The number of fused-ring (bicyclic) bond motifs is 1. The van der Waals surface area contributed by atoms with Gasteiger partial charge in [-0.3, -0.25) is 0 Å². The molecule has 0 aromatic rings. The Kier molecular flexibility index (Phi) is 4.09. The topological polar surface area (TPSA) is 20.2 Å². The summed E-state index contributed by atoms with van der Waals surface area (Å²) in [5, 5.41) is 10.1. The number of rotatable bonds is 0. The van der Waals surface area contributed by atoms with Crippen molar-refractivity contribution in [1.29, 1.82) is 0 Å². The third-order valence-electron chi connectivity index (χ3n) is 6.49. The lowest BCUT2D eigenvalue weighted by Gasteiger charge is -2.61. The van der Waals surface area contributed by atoms with E-state index in [2.05, 4.69) is 48.5 Å². The Labute approximate surface area is 126 Å². The fourth-order valence-electron chi connectivity index (χ4n) is 5.79. The standard InChI is InChI=1S/C19H36O/c1-17(2,3)15-9-8-13-12-14(20)10-11-19(13,7)16(15)18(4,5)6/h13-16,20H,8-12H2,1-7H3/t13?,14-,15?,16?,19-/m0/s1. The predicted octanol–water partition coefficient (Wildman–Crippen LogP) is 5.27. The van der Waals surface area contributed by atoms with Gasteiger partial charge in [0.2, 0.25) is 0 Å². The first-order valence-electron chi connectivity index (χ1n) is 8.64. The molecule has 0 aliphatic heterocycles. The molecule has 5 atom stereocenters. The highest BCUT2D eigenvalue weighted by molar-refractivity contribution is 5.05. The summed E-state index contributed by atoms with van der Waals surface area (Å²) < 4.78 is 0. The van der Waals surface area contributed by atoms with E-state index in [-0.39, 0.29) is 6.10 Å². The van der Waals surface area contributed by atoms with Gasteiger partial charge < -0.3 is 5.11 Å². The van der Waals surface area contributed by atoms with E-state index >= 15 is 0 Å². The van der Waals surface area contributed by atoms with Crippen molar-refractivity contribution in [1.82, 2.24) is 0 Å². The molecule has 2 fully saturated rings. The van der Waals surface area contributed by atoms with E-state index in [1.54, 1.807) is 0 Å². The minimum absolute atomic E-state index is 0.0418. The van der Waals surface area contributed by atoms with Gasteiger partial charge >= 0.3 is 0 Å². The van der Waals surface area contributed by atoms with E-state index in [0.717, 1.165) is 30.6 Å². The van der Waals surface area contributed by atoms with Crippen LogP contribution in [0.5, 0.6) is 0 Å². The zero-order valence-electron chi connectivity index (χ0n) is 14.8. The summed E-state index contributed by atoms with van der Waals surface area (Å²) in [5.41, 5.74) is 1.17. The maximum Gasteiger partial charge on any atom is 0.0543 e. The summed E-state index contributed by atoms with van der Waals surface area (Å²) in [6.07, 6.45) is 5.89. The van der Waals surface area contributed by atoms with Crippen LogP contribution in [0.3, 0.4) is 0 Å². The Morgan fingerprint density at radius 3 is 2.00 bits per heavy atom. The van der Waals surface area contributed by atoms with Gasteiger partial charge in [0, 0.05) is 0 Å². The lowest BCUT2D eigenvalue weighted by molar-refractivity contribution is -0.134. The van der Waals surface area contributed by atoms with Gasteiger partial charge in [-0.25, -0.2) is 0 Å². The van der Waals surface area contributed by atoms with Crippen molar-refractivity contribution < 1.29 is 5.11 Å². The average Bonchev–Trinajstić information content (AvgIpc) is 2.25. The third-order valence-corrected chi connectivity index (χ3v) is 6.49. The zero-order chi connectivity index (χ0) is 15.3. The summed E-state index contributed by atoms with van der Waals surface area (Å²) in [6, 6.07) is 0. The molecule has 20 heavy (non-hydrogen) atoms. The van der Waals surface area contributed by atoms with Gasteiger partial charge in [0.25, 0.3) is 0 Å². The Bertz CT molecular complexity index is 346. The van der Waals surface area contributed by atoms with Gasteiger partial charge in [0.1, 0.15) is 0 Å². The maximum atomic E-state index is 10.1. The molecule has 0 aromatic heterocycles. The second-order valence-corrected chi connectivity index (χ2v) is 10.0. The lowest BCUT2D eigenvalue weighted by atomic mass is 9.44. The van der Waals surface area contributed by atoms with Crippen molar-refractivity contribution in [2.45, 2.75) is 86.7 Å². The molecule has 0 spiro atoms. The van der Waals surface area contributed by atoms with Gasteiger partial charge in [-0.1, -0.05) is 48.5 Å². The average molecular weight is 280 g/mol. The van der Waals surface area contributed by atoms with Crippen LogP contribution >= 0.6 is 0 Å². The molecular formula is C19H36O. The molecule has 2 rings (SSSR count). The summed E-state index contributed by atoms with van der Waals surface area (Å²) in [7, 11) is 0. The van der Waals surface area contributed by atoms with Crippen LogP contribution in [0, 0.1) is 34.0 Å². The zero-order valence-corrected chi connectivity index (χ0v) is 14.8. The SMILES string of the molecule is CC(C)(C)C1CCC2C[C@@H](O)CC[C@]2(C)C1C(C)(C)C. The van der Waals surface area contributed by atoms with Crippen LogP contribution in [0.15, 0.2) is 0 Å². The highest BCUT2D eigenvalue weighted by Crippen LogP contribution is 2.63. The van der Waals surface area contributed by atoms with E-state index in [0.29, 0.717) is 16.2 Å². The molecule has 1 heteroatoms. The Morgan fingerprint density at radius 1 is 0.900 bits per heavy atom. The molecule has 0 aromatic carbocycles. The van der Waals surface area contributed by atoms with E-state index in [4.69, 9.17) is 0 Å². The van der Waals surface area contributed by atoms with Gasteiger partial charge in [0.15, 0.2) is 0 Å². The number of aliphatic hydroxyl groups is 1. The van der Waals surface area contributed by atoms with Gasteiger partial charge in [0.05, 0.1) is 6.10 Å². The molecule has 0 amide bonds. The van der Waals surface area contributed by atoms with Crippen molar-refractivity contribution in [3.63, 3.8) is 0 Å². The molecule has 1 nitrogen and oxygen atoms in total. The summed E-state index contributed by atoms with van der Waals surface area (Å²) in [4.78, 5) is 0. The van der Waals surface area contributed by atoms with Crippen LogP contribution in [0.25, 0.3) is 0 Å². The Balaban J connectivity index is 2.39. The van der Waals surface area contributed by atoms with Crippen LogP contribution in [-0.2, 0) is 0 Å². The fraction of sp³-hybridized carbons (Fsp3) is 1.00. The lowest BCUT2D eigenvalue weighted by Crippen LogP contribution is -2.54. The van der Waals surface area contributed by atoms with Crippen molar-refractivity contribution in [3.8, 4) is 0 Å². The largest absolute Gasteiger partial charge is 0.393 e. The van der Waals surface area contributed by atoms with Crippen LogP contribution in [0.1, 0.15) is 80.6 Å². The highest BCUT2D eigenvalue weighted by atomic mass is 16.3. The number of aliphatic hydroxyl groups excluding tert-OH is 1. The van der Waals surface area contributed by atoms with Crippen molar-refractivity contribution in [3.05, 3.63) is 0 Å². The quantitative estimate of drug-likeness (QED) is 0.640. The van der Waals surface area contributed by atoms with Gasteiger partial charge in [-0.2, -0.15) is 0 Å². The Hall–Kier alpha value is -0.0400. The normalized spacial score (nSPS) is 43.2. The number of hydrogen-bond acceptors (Lipinski definition) is 1. The van der Waals surface area contributed by atoms with Crippen molar-refractivity contribution >= 4 is 0 Å².